The molecule has 2 N–H and O–H groups in total. The van der Waals surface area contributed by atoms with Crippen LogP contribution in [0.4, 0.5) is 11.4 Å². The van der Waals surface area contributed by atoms with Gasteiger partial charge in [0, 0.05) is 11.4 Å². The smallest absolute Gasteiger partial charge is 0.242 e. The largest absolute Gasteiger partial charge is 0.284 e. The SMILES string of the molecule is CS(=O)(=O)Nc1ccc(NS(=O)(=O)CBr)cc1. The molecule has 0 fully saturated rings. The summed E-state index contributed by atoms with van der Waals surface area (Å²) >= 11 is 2.84. The van der Waals surface area contributed by atoms with Crippen molar-refractivity contribution < 1.29 is 16.8 Å². The average Bonchev–Trinajstić information content (AvgIpc) is 2.19. The molecule has 0 saturated heterocycles. The molecular weight excluding hydrogens is 332 g/mol. The molecule has 0 saturated carbocycles. The molecule has 0 radical (unpaired) electrons. The molecule has 17 heavy (non-hydrogen) atoms. The van der Waals surface area contributed by atoms with E-state index in [1.807, 2.05) is 0 Å². The molecule has 0 amide bonds. The fraction of sp³-hybridized carbons (Fsp3) is 0.250. The fourth-order valence-electron chi connectivity index (χ4n) is 1.03. The van der Waals surface area contributed by atoms with Gasteiger partial charge in [-0.15, -0.1) is 0 Å². The summed E-state index contributed by atoms with van der Waals surface area (Å²) in [6.45, 7) is 0. The van der Waals surface area contributed by atoms with Gasteiger partial charge in [-0.05, 0) is 24.3 Å². The van der Waals surface area contributed by atoms with Crippen molar-refractivity contribution in [3.05, 3.63) is 24.3 Å². The first-order chi connectivity index (χ1) is 7.72. The summed E-state index contributed by atoms with van der Waals surface area (Å²) in [5.41, 5.74) is 0.734. The molecule has 96 valence electrons. The Labute approximate surface area is 109 Å². The lowest BCUT2D eigenvalue weighted by molar-refractivity contribution is 0.604. The van der Waals surface area contributed by atoms with Crippen LogP contribution in [0.2, 0.25) is 0 Å². The van der Waals surface area contributed by atoms with Gasteiger partial charge in [-0.3, -0.25) is 9.44 Å². The number of alkyl halides is 1. The number of sulfonamides is 2. The standard InChI is InChI=1S/C8H11BrN2O4S2/c1-16(12,13)10-7-2-4-8(5-3-7)11-17(14,15)6-9/h2-5,10-11H,6H2,1H3. The van der Waals surface area contributed by atoms with Gasteiger partial charge in [0.15, 0.2) is 0 Å². The van der Waals surface area contributed by atoms with E-state index in [1.54, 1.807) is 0 Å². The van der Waals surface area contributed by atoms with Crippen LogP contribution in [-0.2, 0) is 20.0 Å². The van der Waals surface area contributed by atoms with Crippen LogP contribution in [0.5, 0.6) is 0 Å². The second-order valence-corrected chi connectivity index (χ2v) is 8.05. The van der Waals surface area contributed by atoms with Gasteiger partial charge < -0.3 is 0 Å². The quantitative estimate of drug-likeness (QED) is 0.785. The predicted octanol–water partition coefficient (Wildman–Crippen LogP) is 1.15. The predicted molar refractivity (Wildman–Crippen MR) is 71.2 cm³/mol. The summed E-state index contributed by atoms with van der Waals surface area (Å²) in [4.78, 5) is 0. The Kier molecular flexibility index (Phi) is 4.39. The molecule has 0 bridgehead atoms. The highest BCUT2D eigenvalue weighted by atomic mass is 79.9. The van der Waals surface area contributed by atoms with Crippen LogP contribution in [0.25, 0.3) is 0 Å². The second kappa shape index (κ2) is 5.23. The minimum absolute atomic E-state index is 0.205. The zero-order chi connectivity index (χ0) is 13.1. The summed E-state index contributed by atoms with van der Waals surface area (Å²) in [6, 6.07) is 5.86. The Morgan fingerprint density at radius 3 is 1.76 bits per heavy atom. The summed E-state index contributed by atoms with van der Waals surface area (Å²) in [7, 11) is -6.72. The van der Waals surface area contributed by atoms with Crippen molar-refractivity contribution in [2.24, 2.45) is 0 Å². The molecule has 0 aliphatic carbocycles. The maximum Gasteiger partial charge on any atom is 0.242 e. The molecule has 6 nitrogen and oxygen atoms in total. The lowest BCUT2D eigenvalue weighted by Crippen LogP contribution is -2.13. The highest BCUT2D eigenvalue weighted by Gasteiger charge is 2.07. The third-order valence-corrected chi connectivity index (χ3v) is 4.85. The topological polar surface area (TPSA) is 92.3 Å². The van der Waals surface area contributed by atoms with Crippen LogP contribution >= 0.6 is 15.9 Å². The van der Waals surface area contributed by atoms with Gasteiger partial charge in [0.05, 0.1) is 6.26 Å². The van der Waals surface area contributed by atoms with Gasteiger partial charge in [-0.25, -0.2) is 16.8 Å². The van der Waals surface area contributed by atoms with E-state index in [9.17, 15) is 16.8 Å². The molecule has 0 atom stereocenters. The van der Waals surface area contributed by atoms with Gasteiger partial charge in [-0.2, -0.15) is 0 Å². The number of anilines is 2. The Morgan fingerprint density at radius 1 is 1.00 bits per heavy atom. The van der Waals surface area contributed by atoms with Crippen molar-refractivity contribution in [2.75, 3.05) is 20.4 Å². The van der Waals surface area contributed by atoms with E-state index in [1.165, 1.54) is 24.3 Å². The Hall–Kier alpha value is -0.800. The van der Waals surface area contributed by atoms with Crippen molar-refractivity contribution >= 4 is 47.4 Å². The zero-order valence-corrected chi connectivity index (χ0v) is 12.1. The van der Waals surface area contributed by atoms with E-state index < -0.39 is 20.0 Å². The van der Waals surface area contributed by atoms with E-state index in [0.29, 0.717) is 11.4 Å². The number of rotatable bonds is 5. The maximum absolute atomic E-state index is 11.2. The van der Waals surface area contributed by atoms with E-state index in [2.05, 4.69) is 25.4 Å². The summed E-state index contributed by atoms with van der Waals surface area (Å²) < 4.78 is 48.7. The van der Waals surface area contributed by atoms with Crippen molar-refractivity contribution in [2.45, 2.75) is 0 Å². The van der Waals surface area contributed by atoms with E-state index >= 15 is 0 Å². The third-order valence-electron chi connectivity index (χ3n) is 1.61. The minimum atomic E-state index is -3.39. The Balaban J connectivity index is 2.82. The van der Waals surface area contributed by atoms with Crippen LogP contribution in [0.3, 0.4) is 0 Å². The molecule has 0 unspecified atom stereocenters. The highest BCUT2D eigenvalue weighted by molar-refractivity contribution is 9.10. The van der Waals surface area contributed by atoms with Crippen molar-refractivity contribution in [3.8, 4) is 0 Å². The monoisotopic (exact) mass is 342 g/mol. The van der Waals surface area contributed by atoms with Gasteiger partial charge in [0.1, 0.15) is 4.66 Å². The van der Waals surface area contributed by atoms with Gasteiger partial charge in [0.25, 0.3) is 0 Å². The molecular formula is C8H11BrN2O4S2. The molecule has 1 aromatic rings. The first-order valence-corrected chi connectivity index (χ1v) is 9.03. The first-order valence-electron chi connectivity index (χ1n) is 4.36. The number of hydrogen-bond acceptors (Lipinski definition) is 4. The minimum Gasteiger partial charge on any atom is -0.284 e. The zero-order valence-electron chi connectivity index (χ0n) is 8.84. The molecule has 9 heteroatoms. The van der Waals surface area contributed by atoms with Gasteiger partial charge in [-0.1, -0.05) is 15.9 Å². The first kappa shape index (κ1) is 14.3. The Bertz CT molecular complexity index is 580. The number of nitrogens with one attached hydrogen (secondary N) is 2. The lowest BCUT2D eigenvalue weighted by Gasteiger charge is -2.07. The number of benzene rings is 1. The fourth-order valence-corrected chi connectivity index (χ4v) is 2.48. The molecule has 0 aliphatic heterocycles. The number of hydrogen-bond donors (Lipinski definition) is 2. The molecule has 0 spiro atoms. The van der Waals surface area contributed by atoms with Crippen LogP contribution in [-0.4, -0.2) is 27.8 Å². The van der Waals surface area contributed by atoms with E-state index in [4.69, 9.17) is 0 Å². The second-order valence-electron chi connectivity index (χ2n) is 3.28. The van der Waals surface area contributed by atoms with Gasteiger partial charge >= 0.3 is 0 Å². The Morgan fingerprint density at radius 2 is 1.41 bits per heavy atom. The summed E-state index contributed by atoms with van der Waals surface area (Å²) in [5, 5.41) is 0. The summed E-state index contributed by atoms with van der Waals surface area (Å²) in [6.07, 6.45) is 1.04. The van der Waals surface area contributed by atoms with E-state index in [-0.39, 0.29) is 4.66 Å². The molecule has 1 aromatic carbocycles. The number of halogens is 1. The van der Waals surface area contributed by atoms with Crippen LogP contribution < -0.4 is 9.44 Å². The molecule has 0 aliphatic rings. The molecule has 0 heterocycles. The van der Waals surface area contributed by atoms with Crippen LogP contribution in [0.15, 0.2) is 24.3 Å². The van der Waals surface area contributed by atoms with Crippen molar-refractivity contribution in [1.29, 1.82) is 0 Å². The van der Waals surface area contributed by atoms with E-state index in [0.717, 1.165) is 6.26 Å². The summed E-state index contributed by atoms with van der Waals surface area (Å²) in [5.74, 6) is 0. The normalized spacial score (nSPS) is 12.1. The van der Waals surface area contributed by atoms with Crippen LogP contribution in [0, 0.1) is 0 Å². The lowest BCUT2D eigenvalue weighted by atomic mass is 10.3. The average molecular weight is 343 g/mol. The van der Waals surface area contributed by atoms with Crippen LogP contribution in [0.1, 0.15) is 0 Å². The molecule has 0 aromatic heterocycles. The maximum atomic E-state index is 11.2. The van der Waals surface area contributed by atoms with Gasteiger partial charge in [0.2, 0.25) is 20.0 Å². The molecule has 1 rings (SSSR count). The van der Waals surface area contributed by atoms with Crippen molar-refractivity contribution in [1.82, 2.24) is 0 Å². The third kappa shape index (κ3) is 5.37. The highest BCUT2D eigenvalue weighted by Crippen LogP contribution is 2.16. The van der Waals surface area contributed by atoms with Crippen molar-refractivity contribution in [3.63, 3.8) is 0 Å².